The SMILES string of the molecule is CCC(COC)Nc1cccc(Cl)c1N(C)C. The van der Waals surface area contributed by atoms with Gasteiger partial charge in [0.05, 0.1) is 23.0 Å². The van der Waals surface area contributed by atoms with Crippen molar-refractivity contribution >= 4 is 23.0 Å². The van der Waals surface area contributed by atoms with Gasteiger partial charge in [0, 0.05) is 27.2 Å². The highest BCUT2D eigenvalue weighted by Crippen LogP contribution is 2.32. The molecular formula is C13H21ClN2O. The van der Waals surface area contributed by atoms with Crippen molar-refractivity contribution in [3.05, 3.63) is 23.2 Å². The van der Waals surface area contributed by atoms with Gasteiger partial charge < -0.3 is 15.0 Å². The molecule has 0 amide bonds. The first-order valence-corrected chi connectivity index (χ1v) is 6.19. The van der Waals surface area contributed by atoms with Gasteiger partial charge in [0.2, 0.25) is 0 Å². The summed E-state index contributed by atoms with van der Waals surface area (Å²) < 4.78 is 5.19. The Morgan fingerprint density at radius 2 is 2.12 bits per heavy atom. The maximum absolute atomic E-state index is 6.22. The normalized spacial score (nSPS) is 12.3. The van der Waals surface area contributed by atoms with Crippen molar-refractivity contribution in [1.29, 1.82) is 0 Å². The first-order chi connectivity index (χ1) is 8.10. The lowest BCUT2D eigenvalue weighted by molar-refractivity contribution is 0.184. The zero-order valence-electron chi connectivity index (χ0n) is 11.0. The number of nitrogens with zero attached hydrogens (tertiary/aromatic N) is 1. The zero-order valence-corrected chi connectivity index (χ0v) is 11.7. The molecule has 0 fully saturated rings. The van der Waals surface area contributed by atoms with Crippen molar-refractivity contribution < 1.29 is 4.74 Å². The predicted molar refractivity (Wildman–Crippen MR) is 75.4 cm³/mol. The number of hydrogen-bond acceptors (Lipinski definition) is 3. The van der Waals surface area contributed by atoms with Crippen LogP contribution in [0.25, 0.3) is 0 Å². The molecule has 3 nitrogen and oxygen atoms in total. The molecule has 1 rings (SSSR count). The van der Waals surface area contributed by atoms with E-state index in [0.717, 1.165) is 22.8 Å². The summed E-state index contributed by atoms with van der Waals surface area (Å²) in [6, 6.07) is 6.20. The molecule has 4 heteroatoms. The van der Waals surface area contributed by atoms with Crippen molar-refractivity contribution in [3.8, 4) is 0 Å². The Bertz CT molecular complexity index is 355. The number of methoxy groups -OCH3 is 1. The Kier molecular flexibility index (Phi) is 5.59. The fourth-order valence-corrected chi connectivity index (χ4v) is 2.11. The summed E-state index contributed by atoms with van der Waals surface area (Å²) in [7, 11) is 5.70. The van der Waals surface area contributed by atoms with Crippen molar-refractivity contribution in [3.63, 3.8) is 0 Å². The molecule has 0 saturated heterocycles. The quantitative estimate of drug-likeness (QED) is 0.846. The number of ether oxygens (including phenoxy) is 1. The minimum atomic E-state index is 0.303. The summed E-state index contributed by atoms with van der Waals surface area (Å²) in [5, 5.41) is 4.23. The lowest BCUT2D eigenvalue weighted by Crippen LogP contribution is -2.25. The van der Waals surface area contributed by atoms with Gasteiger partial charge in [-0.25, -0.2) is 0 Å². The van der Waals surface area contributed by atoms with Gasteiger partial charge in [-0.2, -0.15) is 0 Å². The van der Waals surface area contributed by atoms with Crippen LogP contribution in [0.3, 0.4) is 0 Å². The largest absolute Gasteiger partial charge is 0.383 e. The van der Waals surface area contributed by atoms with E-state index in [4.69, 9.17) is 16.3 Å². The van der Waals surface area contributed by atoms with Gasteiger partial charge in [0.15, 0.2) is 0 Å². The van der Waals surface area contributed by atoms with Gasteiger partial charge in [-0.15, -0.1) is 0 Å². The number of benzene rings is 1. The van der Waals surface area contributed by atoms with E-state index in [1.54, 1.807) is 7.11 Å². The van der Waals surface area contributed by atoms with Crippen molar-refractivity contribution in [1.82, 2.24) is 0 Å². The Balaban J connectivity index is 2.93. The summed E-state index contributed by atoms with van der Waals surface area (Å²) in [5.74, 6) is 0. The fourth-order valence-electron chi connectivity index (χ4n) is 1.77. The molecule has 0 aliphatic rings. The Hall–Kier alpha value is -0.930. The fraction of sp³-hybridized carbons (Fsp3) is 0.538. The molecule has 1 aromatic rings. The van der Waals surface area contributed by atoms with E-state index < -0.39 is 0 Å². The molecule has 0 aliphatic heterocycles. The van der Waals surface area contributed by atoms with Crippen LogP contribution in [0.1, 0.15) is 13.3 Å². The topological polar surface area (TPSA) is 24.5 Å². The summed E-state index contributed by atoms with van der Waals surface area (Å²) in [4.78, 5) is 2.02. The second kappa shape index (κ2) is 6.72. The third-order valence-corrected chi connectivity index (χ3v) is 2.96. The van der Waals surface area contributed by atoms with Crippen LogP contribution in [0, 0.1) is 0 Å². The lowest BCUT2D eigenvalue weighted by Gasteiger charge is -2.24. The van der Waals surface area contributed by atoms with Crippen molar-refractivity contribution in [2.24, 2.45) is 0 Å². The smallest absolute Gasteiger partial charge is 0.0786 e. The first-order valence-electron chi connectivity index (χ1n) is 5.81. The number of rotatable bonds is 6. The van der Waals surface area contributed by atoms with Gasteiger partial charge in [-0.3, -0.25) is 0 Å². The molecule has 1 aromatic carbocycles. The maximum Gasteiger partial charge on any atom is 0.0786 e. The summed E-state index contributed by atoms with van der Waals surface area (Å²) in [6.07, 6.45) is 1.01. The van der Waals surface area contributed by atoms with Crippen molar-refractivity contribution in [2.45, 2.75) is 19.4 Å². The second-order valence-electron chi connectivity index (χ2n) is 4.24. The maximum atomic E-state index is 6.22. The number of hydrogen-bond donors (Lipinski definition) is 1. The molecule has 1 N–H and O–H groups in total. The molecule has 0 bridgehead atoms. The van der Waals surface area contributed by atoms with Gasteiger partial charge in [0.1, 0.15) is 0 Å². The molecule has 0 radical (unpaired) electrons. The third-order valence-electron chi connectivity index (χ3n) is 2.65. The number of anilines is 2. The van der Waals surface area contributed by atoms with Crippen LogP contribution in [0.2, 0.25) is 5.02 Å². The Labute approximate surface area is 109 Å². The minimum absolute atomic E-state index is 0.303. The highest BCUT2D eigenvalue weighted by molar-refractivity contribution is 6.34. The van der Waals surface area contributed by atoms with E-state index in [0.29, 0.717) is 12.6 Å². The highest BCUT2D eigenvalue weighted by atomic mass is 35.5. The van der Waals surface area contributed by atoms with E-state index in [9.17, 15) is 0 Å². The van der Waals surface area contributed by atoms with Gasteiger partial charge >= 0.3 is 0 Å². The van der Waals surface area contributed by atoms with Crippen LogP contribution in [-0.4, -0.2) is 33.9 Å². The Morgan fingerprint density at radius 1 is 1.41 bits per heavy atom. The summed E-state index contributed by atoms with van der Waals surface area (Å²) >= 11 is 6.22. The second-order valence-corrected chi connectivity index (χ2v) is 4.64. The molecule has 0 saturated carbocycles. The average molecular weight is 257 g/mol. The Morgan fingerprint density at radius 3 is 2.65 bits per heavy atom. The van der Waals surface area contributed by atoms with E-state index in [1.165, 1.54) is 0 Å². The monoisotopic (exact) mass is 256 g/mol. The predicted octanol–water partition coefficient (Wildman–Crippen LogP) is 3.24. The standard InChI is InChI=1S/C13H21ClN2O/c1-5-10(9-17-4)15-12-8-6-7-11(14)13(12)16(2)3/h6-8,10,15H,5,9H2,1-4H3. The zero-order chi connectivity index (χ0) is 12.8. The van der Waals surface area contributed by atoms with Crippen LogP contribution in [-0.2, 0) is 4.74 Å². The lowest BCUT2D eigenvalue weighted by atomic mass is 10.2. The van der Waals surface area contributed by atoms with Gasteiger partial charge in [0.25, 0.3) is 0 Å². The van der Waals surface area contributed by atoms with Crippen molar-refractivity contribution in [2.75, 3.05) is 38.0 Å². The molecule has 1 atom stereocenters. The number of halogens is 1. The van der Waals surface area contributed by atoms with E-state index >= 15 is 0 Å². The van der Waals surface area contributed by atoms with Gasteiger partial charge in [-0.1, -0.05) is 24.6 Å². The molecular weight excluding hydrogens is 236 g/mol. The minimum Gasteiger partial charge on any atom is -0.383 e. The van der Waals surface area contributed by atoms with E-state index in [1.807, 2.05) is 37.2 Å². The van der Waals surface area contributed by atoms with Crippen LogP contribution in [0.4, 0.5) is 11.4 Å². The first kappa shape index (κ1) is 14.1. The highest BCUT2D eigenvalue weighted by Gasteiger charge is 2.12. The van der Waals surface area contributed by atoms with Gasteiger partial charge in [-0.05, 0) is 18.6 Å². The molecule has 17 heavy (non-hydrogen) atoms. The molecule has 0 spiro atoms. The van der Waals surface area contributed by atoms with Crippen LogP contribution >= 0.6 is 11.6 Å². The number of para-hydroxylation sites is 1. The van der Waals surface area contributed by atoms with E-state index in [-0.39, 0.29) is 0 Å². The number of nitrogens with one attached hydrogen (secondary N) is 1. The molecule has 96 valence electrons. The molecule has 0 aromatic heterocycles. The van der Waals surface area contributed by atoms with Crippen LogP contribution in [0.15, 0.2) is 18.2 Å². The van der Waals surface area contributed by atoms with E-state index in [2.05, 4.69) is 12.2 Å². The van der Waals surface area contributed by atoms with Crippen LogP contribution in [0.5, 0.6) is 0 Å². The molecule has 0 aliphatic carbocycles. The average Bonchev–Trinajstić information content (AvgIpc) is 2.28. The third kappa shape index (κ3) is 3.79. The summed E-state index contributed by atoms with van der Waals surface area (Å²) in [6.45, 7) is 2.83. The summed E-state index contributed by atoms with van der Waals surface area (Å²) in [5.41, 5.74) is 2.06. The molecule has 0 heterocycles. The van der Waals surface area contributed by atoms with Crippen LogP contribution < -0.4 is 10.2 Å². The molecule has 1 unspecified atom stereocenters.